The first-order chi connectivity index (χ1) is 12.3. The minimum atomic E-state index is -4.65. The van der Waals surface area contributed by atoms with E-state index in [1.165, 1.54) is 0 Å². The number of carbonyl (C=O) groups is 1. The van der Waals surface area contributed by atoms with Gasteiger partial charge in [0.25, 0.3) is 0 Å². The van der Waals surface area contributed by atoms with Crippen LogP contribution in [0.2, 0.25) is 0 Å². The number of cyclic esters (lactones) is 1. The van der Waals surface area contributed by atoms with Crippen LogP contribution in [0.25, 0.3) is 0 Å². The summed E-state index contributed by atoms with van der Waals surface area (Å²) in [5, 5.41) is 8.98. The average Bonchev–Trinajstić information content (AvgIpc) is 2.90. The summed E-state index contributed by atoms with van der Waals surface area (Å²) >= 11 is 0. The van der Waals surface area contributed by atoms with Gasteiger partial charge in [0, 0.05) is 13.5 Å². The van der Waals surface area contributed by atoms with Crippen molar-refractivity contribution in [3.05, 3.63) is 23.8 Å². The van der Waals surface area contributed by atoms with Gasteiger partial charge in [-0.1, -0.05) is 0 Å². The highest BCUT2D eigenvalue weighted by molar-refractivity contribution is 5.92. The van der Waals surface area contributed by atoms with Gasteiger partial charge in [-0.05, 0) is 36.6 Å². The van der Waals surface area contributed by atoms with Gasteiger partial charge in [0.15, 0.2) is 6.10 Å². The number of benzene rings is 1. The molecule has 144 valence electrons. The number of alkyl halides is 3. The van der Waals surface area contributed by atoms with Crippen molar-refractivity contribution in [3.63, 3.8) is 0 Å². The molecule has 2 aliphatic rings. The molecule has 1 N–H and O–H groups in total. The monoisotopic (exact) mass is 375 g/mol. The first-order valence-electron chi connectivity index (χ1n) is 8.30. The second-order valence-electron chi connectivity index (χ2n) is 6.34. The lowest BCUT2D eigenvalue weighted by Gasteiger charge is -2.31. The van der Waals surface area contributed by atoms with Crippen molar-refractivity contribution >= 4 is 11.8 Å². The molecule has 0 radical (unpaired) electrons. The smallest absolute Gasteiger partial charge is 0.415 e. The number of fused-ring (bicyclic) bond motifs is 3. The summed E-state index contributed by atoms with van der Waals surface area (Å²) in [6, 6.07) is 4.91. The summed E-state index contributed by atoms with van der Waals surface area (Å²) in [6.07, 6.45) is -6.96. The van der Waals surface area contributed by atoms with Crippen LogP contribution in [0.15, 0.2) is 18.2 Å². The van der Waals surface area contributed by atoms with Gasteiger partial charge in [0.2, 0.25) is 0 Å². The number of nitrogens with zero attached hydrogens (tertiary/aromatic N) is 1. The Bertz CT molecular complexity index is 666. The normalized spacial score (nSPS) is 23.3. The summed E-state index contributed by atoms with van der Waals surface area (Å²) < 4.78 is 52.6. The first-order valence-corrected chi connectivity index (χ1v) is 8.30. The second-order valence-corrected chi connectivity index (χ2v) is 6.34. The summed E-state index contributed by atoms with van der Waals surface area (Å²) in [7, 11) is 1.55. The van der Waals surface area contributed by atoms with Gasteiger partial charge >= 0.3 is 12.3 Å². The average molecular weight is 375 g/mol. The number of amides is 1. The van der Waals surface area contributed by atoms with Crippen LogP contribution in [0.5, 0.6) is 5.75 Å². The molecular weight excluding hydrogens is 355 g/mol. The van der Waals surface area contributed by atoms with Crippen LogP contribution < -0.4 is 9.64 Å². The van der Waals surface area contributed by atoms with E-state index in [1.54, 1.807) is 30.2 Å². The zero-order valence-corrected chi connectivity index (χ0v) is 14.2. The number of ether oxygens (including phenoxy) is 3. The summed E-state index contributed by atoms with van der Waals surface area (Å²) in [5.74, 6) is 0.401. The van der Waals surface area contributed by atoms with E-state index in [1.807, 2.05) is 0 Å². The van der Waals surface area contributed by atoms with E-state index in [0.717, 1.165) is 5.56 Å². The molecule has 3 rings (SSSR count). The minimum absolute atomic E-state index is 0.0938. The van der Waals surface area contributed by atoms with Crippen LogP contribution in [-0.2, 0) is 15.9 Å². The molecule has 0 bridgehead atoms. The van der Waals surface area contributed by atoms with E-state index in [2.05, 4.69) is 0 Å². The number of anilines is 1. The number of aliphatic hydroxyl groups is 1. The maximum absolute atomic E-state index is 12.3. The standard InChI is InChI=1S/C17H20F3NO5/c1-24-9-14-13-4-2-10-8-11(25-7-6-15(22)17(18,19)20)3-5-12(10)21(13)16(23)26-14/h3,5,8,13-15,22H,2,4,6-7,9H2,1H3/t13-,14+,15?/m0/s1. The Hall–Kier alpha value is -2.00. The maximum atomic E-state index is 12.3. The Labute approximate surface area is 148 Å². The van der Waals surface area contributed by atoms with Crippen molar-refractivity contribution in [3.8, 4) is 5.75 Å². The number of methoxy groups -OCH3 is 1. The largest absolute Gasteiger partial charge is 0.493 e. The third-order valence-electron chi connectivity index (χ3n) is 4.60. The van der Waals surface area contributed by atoms with E-state index < -0.39 is 24.8 Å². The van der Waals surface area contributed by atoms with Gasteiger partial charge in [-0.2, -0.15) is 13.2 Å². The van der Waals surface area contributed by atoms with Crippen LogP contribution >= 0.6 is 0 Å². The molecule has 2 aliphatic heterocycles. The zero-order chi connectivity index (χ0) is 18.9. The van der Waals surface area contributed by atoms with E-state index >= 15 is 0 Å². The predicted octanol–water partition coefficient (Wildman–Crippen LogP) is 2.67. The molecule has 0 spiro atoms. The molecule has 1 unspecified atom stereocenters. The highest BCUT2D eigenvalue weighted by Crippen LogP contribution is 2.38. The quantitative estimate of drug-likeness (QED) is 0.828. The molecule has 0 saturated carbocycles. The number of hydrogen-bond acceptors (Lipinski definition) is 5. The summed E-state index contributed by atoms with van der Waals surface area (Å²) in [6.45, 7) is 0.0642. The lowest BCUT2D eigenvalue weighted by atomic mass is 9.94. The van der Waals surface area contributed by atoms with E-state index in [9.17, 15) is 18.0 Å². The van der Waals surface area contributed by atoms with Crippen molar-refractivity contribution in [2.75, 3.05) is 25.2 Å². The molecule has 0 aliphatic carbocycles. The second kappa shape index (κ2) is 7.32. The molecule has 1 aromatic carbocycles. The summed E-state index contributed by atoms with van der Waals surface area (Å²) in [5.41, 5.74) is 1.58. The molecular formula is C17H20F3NO5. The molecule has 9 heteroatoms. The molecule has 1 aromatic rings. The number of halogens is 3. The highest BCUT2D eigenvalue weighted by atomic mass is 19.4. The third kappa shape index (κ3) is 3.73. The molecule has 0 aromatic heterocycles. The Balaban J connectivity index is 1.66. The fraction of sp³-hybridized carbons (Fsp3) is 0.588. The van der Waals surface area contributed by atoms with Gasteiger partial charge in [-0.15, -0.1) is 0 Å². The fourth-order valence-corrected chi connectivity index (χ4v) is 3.31. The van der Waals surface area contributed by atoms with Gasteiger partial charge in [-0.3, -0.25) is 4.90 Å². The molecule has 6 nitrogen and oxygen atoms in total. The van der Waals surface area contributed by atoms with Gasteiger partial charge < -0.3 is 19.3 Å². The lowest BCUT2D eigenvalue weighted by Crippen LogP contribution is -2.41. The first kappa shape index (κ1) is 18.8. The predicted molar refractivity (Wildman–Crippen MR) is 85.3 cm³/mol. The van der Waals surface area contributed by atoms with Crippen LogP contribution in [0, 0.1) is 0 Å². The molecule has 1 fully saturated rings. The SMILES string of the molecule is COC[C@H]1OC(=O)N2c3ccc(OCCC(O)C(F)(F)F)cc3CC[C@@H]12. The van der Waals surface area contributed by atoms with Gasteiger partial charge in [-0.25, -0.2) is 4.79 Å². The zero-order valence-electron chi connectivity index (χ0n) is 14.2. The third-order valence-corrected chi connectivity index (χ3v) is 4.60. The molecule has 2 heterocycles. The van der Waals surface area contributed by atoms with Crippen molar-refractivity contribution in [1.29, 1.82) is 0 Å². The van der Waals surface area contributed by atoms with Crippen LogP contribution in [0.4, 0.5) is 23.7 Å². The number of hydrogen-bond donors (Lipinski definition) is 1. The van der Waals surface area contributed by atoms with E-state index in [0.29, 0.717) is 30.9 Å². The van der Waals surface area contributed by atoms with E-state index in [4.69, 9.17) is 19.3 Å². The van der Waals surface area contributed by atoms with Crippen molar-refractivity contribution < 1.29 is 37.3 Å². The highest BCUT2D eigenvalue weighted by Gasteiger charge is 2.45. The van der Waals surface area contributed by atoms with E-state index in [-0.39, 0.29) is 18.8 Å². The fourth-order valence-electron chi connectivity index (χ4n) is 3.31. The Kier molecular flexibility index (Phi) is 5.29. The van der Waals surface area contributed by atoms with Crippen LogP contribution in [-0.4, -0.2) is 55.9 Å². The molecule has 26 heavy (non-hydrogen) atoms. The van der Waals surface area contributed by atoms with Crippen LogP contribution in [0.3, 0.4) is 0 Å². The topological polar surface area (TPSA) is 68.2 Å². The molecule has 1 amide bonds. The van der Waals surface area contributed by atoms with Crippen LogP contribution in [0.1, 0.15) is 18.4 Å². The lowest BCUT2D eigenvalue weighted by molar-refractivity contribution is -0.206. The van der Waals surface area contributed by atoms with Gasteiger partial charge in [0.1, 0.15) is 11.9 Å². The Morgan fingerprint density at radius 1 is 1.42 bits per heavy atom. The van der Waals surface area contributed by atoms with Crippen molar-refractivity contribution in [2.45, 2.75) is 43.7 Å². The summed E-state index contributed by atoms with van der Waals surface area (Å²) in [4.78, 5) is 13.8. The molecule has 1 saturated heterocycles. The number of carbonyl (C=O) groups excluding carboxylic acids is 1. The minimum Gasteiger partial charge on any atom is -0.493 e. The van der Waals surface area contributed by atoms with Gasteiger partial charge in [0.05, 0.1) is 24.9 Å². The van der Waals surface area contributed by atoms with Crippen molar-refractivity contribution in [2.24, 2.45) is 0 Å². The Morgan fingerprint density at radius 3 is 2.88 bits per heavy atom. The Morgan fingerprint density at radius 2 is 2.19 bits per heavy atom. The number of aliphatic hydroxyl groups excluding tert-OH is 1. The number of rotatable bonds is 6. The number of aryl methyl sites for hydroxylation is 1. The molecule has 3 atom stereocenters. The maximum Gasteiger partial charge on any atom is 0.415 e. The van der Waals surface area contributed by atoms with Crippen molar-refractivity contribution in [1.82, 2.24) is 0 Å².